The zero-order valence-corrected chi connectivity index (χ0v) is 14.8. The summed E-state index contributed by atoms with van der Waals surface area (Å²) in [5.74, 6) is 0. The summed E-state index contributed by atoms with van der Waals surface area (Å²) in [5, 5.41) is 2.25. The molecule has 2 heteroatoms. The molecule has 0 aliphatic rings. The van der Waals surface area contributed by atoms with Crippen LogP contribution in [0.2, 0.25) is 0 Å². The van der Waals surface area contributed by atoms with Crippen molar-refractivity contribution in [3.05, 3.63) is 97.1 Å². The number of rotatable bonds is 2. The second kappa shape index (κ2) is 6.26. The Bertz CT molecular complexity index is 1260. The van der Waals surface area contributed by atoms with Crippen LogP contribution in [-0.4, -0.2) is 4.98 Å². The zero-order valence-electron chi connectivity index (χ0n) is 14.8. The van der Waals surface area contributed by atoms with Crippen LogP contribution in [0, 0.1) is 0 Å². The number of nitrogens with zero attached hydrogens (tertiary/aromatic N) is 1. The van der Waals surface area contributed by atoms with Crippen LogP contribution in [0.5, 0.6) is 0 Å². The van der Waals surface area contributed by atoms with E-state index >= 15 is 0 Å². The van der Waals surface area contributed by atoms with Crippen molar-refractivity contribution in [2.45, 2.75) is 0 Å². The van der Waals surface area contributed by atoms with E-state index in [0.717, 1.165) is 49.7 Å². The van der Waals surface area contributed by atoms with Gasteiger partial charge in [-0.2, -0.15) is 0 Å². The van der Waals surface area contributed by atoms with Gasteiger partial charge in [0.25, 0.3) is 0 Å². The van der Waals surface area contributed by atoms with E-state index in [1.165, 1.54) is 0 Å². The average molecular weight is 346 g/mol. The zero-order chi connectivity index (χ0) is 18.2. The van der Waals surface area contributed by atoms with Crippen molar-refractivity contribution >= 4 is 27.5 Å². The van der Waals surface area contributed by atoms with Crippen molar-refractivity contribution in [3.63, 3.8) is 0 Å². The van der Waals surface area contributed by atoms with Gasteiger partial charge in [-0.15, -0.1) is 0 Å². The first kappa shape index (κ1) is 15.6. The summed E-state index contributed by atoms with van der Waals surface area (Å²) >= 11 is 0. The molecule has 5 aromatic rings. The number of pyridine rings is 1. The average Bonchev–Trinajstić information content (AvgIpc) is 2.72. The third kappa shape index (κ3) is 2.63. The Hall–Kier alpha value is -3.65. The largest absolute Gasteiger partial charge is 0.398 e. The van der Waals surface area contributed by atoms with Crippen LogP contribution in [0.25, 0.3) is 44.1 Å². The second-order valence-corrected chi connectivity index (χ2v) is 6.70. The molecule has 0 spiro atoms. The first-order valence-corrected chi connectivity index (χ1v) is 9.04. The molecule has 0 radical (unpaired) electrons. The smallest absolute Gasteiger partial charge is 0.0736 e. The van der Waals surface area contributed by atoms with Gasteiger partial charge in [-0.25, -0.2) is 4.98 Å². The van der Waals surface area contributed by atoms with E-state index in [9.17, 15) is 0 Å². The minimum absolute atomic E-state index is 0.746. The number of hydrogen-bond acceptors (Lipinski definition) is 2. The molecule has 0 saturated carbocycles. The maximum absolute atomic E-state index is 6.56. The molecule has 0 amide bonds. The van der Waals surface area contributed by atoms with Crippen molar-refractivity contribution in [2.75, 3.05) is 5.73 Å². The van der Waals surface area contributed by atoms with Gasteiger partial charge in [0.1, 0.15) is 0 Å². The third-order valence-electron chi connectivity index (χ3n) is 4.98. The van der Waals surface area contributed by atoms with Gasteiger partial charge < -0.3 is 5.73 Å². The number of nitrogens with two attached hydrogens (primary N) is 1. The van der Waals surface area contributed by atoms with Crippen LogP contribution in [0.4, 0.5) is 5.69 Å². The molecule has 0 atom stereocenters. The molecule has 128 valence electrons. The first-order chi connectivity index (χ1) is 13.3. The van der Waals surface area contributed by atoms with Crippen molar-refractivity contribution in [1.29, 1.82) is 0 Å². The number of benzene rings is 4. The molecular formula is C25H18N2. The van der Waals surface area contributed by atoms with E-state index in [0.29, 0.717) is 0 Å². The second-order valence-electron chi connectivity index (χ2n) is 6.70. The minimum Gasteiger partial charge on any atom is -0.398 e. The molecular weight excluding hydrogens is 328 g/mol. The fourth-order valence-corrected chi connectivity index (χ4v) is 3.76. The Kier molecular flexibility index (Phi) is 3.61. The summed E-state index contributed by atoms with van der Waals surface area (Å²) in [6.45, 7) is 0. The number of hydrogen-bond donors (Lipinski definition) is 1. The van der Waals surface area contributed by atoms with E-state index in [2.05, 4.69) is 48.5 Å². The van der Waals surface area contributed by atoms with Crippen molar-refractivity contribution in [3.8, 4) is 22.3 Å². The lowest BCUT2D eigenvalue weighted by Gasteiger charge is -2.17. The highest BCUT2D eigenvalue weighted by Gasteiger charge is 2.16. The van der Waals surface area contributed by atoms with Gasteiger partial charge in [0, 0.05) is 27.6 Å². The topological polar surface area (TPSA) is 38.9 Å². The highest BCUT2D eigenvalue weighted by molar-refractivity contribution is 6.10. The monoisotopic (exact) mass is 346 g/mol. The molecule has 0 unspecified atom stereocenters. The van der Waals surface area contributed by atoms with Crippen LogP contribution < -0.4 is 5.73 Å². The predicted octanol–water partition coefficient (Wildman–Crippen LogP) is 6.30. The van der Waals surface area contributed by atoms with Crippen LogP contribution in [0.1, 0.15) is 0 Å². The van der Waals surface area contributed by atoms with E-state index in [1.807, 2.05) is 48.5 Å². The minimum atomic E-state index is 0.746. The molecule has 0 saturated heterocycles. The van der Waals surface area contributed by atoms with Gasteiger partial charge in [-0.05, 0) is 29.3 Å². The molecule has 1 heterocycles. The summed E-state index contributed by atoms with van der Waals surface area (Å²) in [6.07, 6.45) is 0. The van der Waals surface area contributed by atoms with E-state index in [1.54, 1.807) is 0 Å². The summed E-state index contributed by atoms with van der Waals surface area (Å²) < 4.78 is 0. The van der Waals surface area contributed by atoms with Crippen LogP contribution in [-0.2, 0) is 0 Å². The Balaban J connectivity index is 1.96. The van der Waals surface area contributed by atoms with Crippen molar-refractivity contribution in [1.82, 2.24) is 4.98 Å². The quantitative estimate of drug-likeness (QED) is 0.301. The molecule has 5 rings (SSSR count). The maximum atomic E-state index is 6.56. The number of anilines is 1. The van der Waals surface area contributed by atoms with Crippen molar-refractivity contribution < 1.29 is 0 Å². The fourth-order valence-electron chi connectivity index (χ4n) is 3.76. The molecule has 0 aliphatic heterocycles. The molecule has 2 nitrogen and oxygen atoms in total. The van der Waals surface area contributed by atoms with Gasteiger partial charge in [-0.1, -0.05) is 78.9 Å². The first-order valence-electron chi connectivity index (χ1n) is 9.04. The summed E-state index contributed by atoms with van der Waals surface area (Å²) in [7, 11) is 0. The Morgan fingerprint density at radius 2 is 1.15 bits per heavy atom. The summed E-state index contributed by atoms with van der Waals surface area (Å²) in [5.41, 5.74) is 13.7. The Morgan fingerprint density at radius 3 is 1.85 bits per heavy atom. The van der Waals surface area contributed by atoms with Gasteiger partial charge in [-0.3, -0.25) is 0 Å². The van der Waals surface area contributed by atoms with Crippen LogP contribution in [0.15, 0.2) is 97.1 Å². The Labute approximate surface area is 157 Å². The third-order valence-corrected chi connectivity index (χ3v) is 4.98. The predicted molar refractivity (Wildman–Crippen MR) is 115 cm³/mol. The molecule has 2 N–H and O–H groups in total. The van der Waals surface area contributed by atoms with E-state index in [4.69, 9.17) is 10.7 Å². The lowest BCUT2D eigenvalue weighted by molar-refractivity contribution is 1.49. The summed E-state index contributed by atoms with van der Waals surface area (Å²) in [6, 6.07) is 33.2. The lowest BCUT2D eigenvalue weighted by atomic mass is 9.89. The number of aromatic nitrogens is 1. The summed E-state index contributed by atoms with van der Waals surface area (Å²) in [4.78, 5) is 4.88. The highest BCUT2D eigenvalue weighted by atomic mass is 14.7. The standard InChI is InChI=1S/C25H18N2/c26-21-16-23-20(15-19-13-7-8-14-22(19)27-23)24(17-9-3-1-4-10-17)25(21)18-11-5-2-6-12-18/h1-16H,26H2. The van der Waals surface area contributed by atoms with Gasteiger partial charge >= 0.3 is 0 Å². The van der Waals surface area contributed by atoms with Gasteiger partial charge in [0.05, 0.1) is 11.0 Å². The molecule has 4 aromatic carbocycles. The molecule has 1 aromatic heterocycles. The SMILES string of the molecule is Nc1cc2nc3ccccc3cc2c(-c2ccccc2)c1-c1ccccc1. The molecule has 0 aliphatic carbocycles. The number of para-hydroxylation sites is 1. The van der Waals surface area contributed by atoms with Crippen LogP contribution >= 0.6 is 0 Å². The molecule has 0 bridgehead atoms. The number of fused-ring (bicyclic) bond motifs is 2. The van der Waals surface area contributed by atoms with Crippen molar-refractivity contribution in [2.24, 2.45) is 0 Å². The molecule has 27 heavy (non-hydrogen) atoms. The molecule has 0 fully saturated rings. The Morgan fingerprint density at radius 1 is 0.556 bits per heavy atom. The van der Waals surface area contributed by atoms with E-state index in [-0.39, 0.29) is 0 Å². The maximum Gasteiger partial charge on any atom is 0.0736 e. The highest BCUT2D eigenvalue weighted by Crippen LogP contribution is 2.42. The van der Waals surface area contributed by atoms with Crippen LogP contribution in [0.3, 0.4) is 0 Å². The fraction of sp³-hybridized carbons (Fsp3) is 0. The van der Waals surface area contributed by atoms with Gasteiger partial charge in [0.2, 0.25) is 0 Å². The normalized spacial score (nSPS) is 11.1. The number of nitrogen functional groups attached to an aromatic ring is 1. The van der Waals surface area contributed by atoms with Gasteiger partial charge in [0.15, 0.2) is 0 Å². The van der Waals surface area contributed by atoms with E-state index < -0.39 is 0 Å². The lowest BCUT2D eigenvalue weighted by Crippen LogP contribution is -1.97.